The highest BCUT2D eigenvalue weighted by molar-refractivity contribution is 6.13. The van der Waals surface area contributed by atoms with Gasteiger partial charge < -0.3 is 9.84 Å². The molecule has 31 heavy (non-hydrogen) atoms. The SMILES string of the molecule is O=C(c1ccccc1O)c1ccccc1Oc1ccccc1C(=O)c1ccccc1F. The van der Waals surface area contributed by atoms with Crippen LogP contribution in [-0.4, -0.2) is 16.7 Å². The van der Waals surface area contributed by atoms with Crippen molar-refractivity contribution in [3.8, 4) is 17.2 Å². The molecule has 0 unspecified atom stereocenters. The van der Waals surface area contributed by atoms with Crippen molar-refractivity contribution in [2.45, 2.75) is 0 Å². The summed E-state index contributed by atoms with van der Waals surface area (Å²) in [5.74, 6) is -1.32. The van der Waals surface area contributed by atoms with Crippen molar-refractivity contribution < 1.29 is 23.8 Å². The second kappa shape index (κ2) is 8.63. The van der Waals surface area contributed by atoms with Gasteiger partial charge in [-0.25, -0.2) is 4.39 Å². The van der Waals surface area contributed by atoms with Gasteiger partial charge in [-0.05, 0) is 48.5 Å². The standard InChI is InChI=1S/C26H17FO4/c27-21-13-5-1-9-17(21)25(29)19-11-3-7-15-23(19)31-24-16-8-4-12-20(24)26(30)18-10-2-6-14-22(18)28/h1-16,28H. The summed E-state index contributed by atoms with van der Waals surface area (Å²) < 4.78 is 20.1. The fraction of sp³-hybridized carbons (Fsp3) is 0. The first-order valence-electron chi connectivity index (χ1n) is 9.54. The van der Waals surface area contributed by atoms with Crippen LogP contribution in [0, 0.1) is 5.82 Å². The van der Waals surface area contributed by atoms with Crippen LogP contribution < -0.4 is 4.74 Å². The third kappa shape index (κ3) is 4.07. The molecule has 0 spiro atoms. The molecule has 0 atom stereocenters. The number of para-hydroxylation sites is 3. The highest BCUT2D eigenvalue weighted by Gasteiger charge is 2.21. The summed E-state index contributed by atoms with van der Waals surface area (Å²) in [6.07, 6.45) is 0. The van der Waals surface area contributed by atoms with E-state index in [1.54, 1.807) is 60.7 Å². The molecular formula is C26H17FO4. The number of phenolic OH excluding ortho intramolecular Hbond substituents is 1. The van der Waals surface area contributed by atoms with Gasteiger partial charge in [0.1, 0.15) is 23.1 Å². The lowest BCUT2D eigenvalue weighted by molar-refractivity contribution is 0.102. The Morgan fingerprint density at radius 2 is 1.00 bits per heavy atom. The van der Waals surface area contributed by atoms with Gasteiger partial charge in [-0.2, -0.15) is 0 Å². The van der Waals surface area contributed by atoms with E-state index in [9.17, 15) is 19.1 Å². The zero-order valence-corrected chi connectivity index (χ0v) is 16.3. The van der Waals surface area contributed by atoms with E-state index in [-0.39, 0.29) is 39.5 Å². The first kappa shape index (κ1) is 20.0. The molecule has 0 heterocycles. The highest BCUT2D eigenvalue weighted by Crippen LogP contribution is 2.32. The molecule has 0 aliphatic carbocycles. The maximum atomic E-state index is 14.1. The van der Waals surface area contributed by atoms with Crippen LogP contribution in [0.3, 0.4) is 0 Å². The molecule has 0 aromatic heterocycles. The smallest absolute Gasteiger partial charge is 0.200 e. The molecule has 1 N–H and O–H groups in total. The predicted octanol–water partition coefficient (Wildman–Crippen LogP) is 5.79. The van der Waals surface area contributed by atoms with E-state index in [2.05, 4.69) is 0 Å². The summed E-state index contributed by atoms with van der Waals surface area (Å²) in [6.45, 7) is 0. The first-order valence-corrected chi connectivity index (χ1v) is 9.54. The monoisotopic (exact) mass is 412 g/mol. The normalized spacial score (nSPS) is 10.5. The van der Waals surface area contributed by atoms with Crippen LogP contribution in [0.4, 0.5) is 4.39 Å². The molecular weight excluding hydrogens is 395 g/mol. The van der Waals surface area contributed by atoms with Crippen molar-refractivity contribution in [2.75, 3.05) is 0 Å². The van der Waals surface area contributed by atoms with Gasteiger partial charge in [0.2, 0.25) is 0 Å². The zero-order valence-electron chi connectivity index (χ0n) is 16.3. The average molecular weight is 412 g/mol. The summed E-state index contributed by atoms with van der Waals surface area (Å²) in [5.41, 5.74) is 0.445. The molecule has 4 aromatic rings. The highest BCUT2D eigenvalue weighted by atomic mass is 19.1. The average Bonchev–Trinajstić information content (AvgIpc) is 2.80. The molecule has 5 heteroatoms. The number of benzene rings is 4. The molecule has 152 valence electrons. The number of rotatable bonds is 6. The molecule has 0 radical (unpaired) electrons. The number of phenols is 1. The van der Waals surface area contributed by atoms with E-state index in [1.807, 2.05) is 0 Å². The summed E-state index contributed by atoms with van der Waals surface area (Å²) in [7, 11) is 0. The topological polar surface area (TPSA) is 63.6 Å². The number of aromatic hydroxyl groups is 1. The second-order valence-corrected chi connectivity index (χ2v) is 6.75. The number of halogens is 1. The quantitative estimate of drug-likeness (QED) is 0.408. The number of carbonyl (C=O) groups is 2. The third-order valence-corrected chi connectivity index (χ3v) is 4.75. The minimum Gasteiger partial charge on any atom is -0.507 e. The number of ketones is 2. The third-order valence-electron chi connectivity index (χ3n) is 4.75. The molecule has 0 saturated carbocycles. The minimum atomic E-state index is -0.627. The Morgan fingerprint density at radius 3 is 1.55 bits per heavy atom. The molecule has 4 aromatic carbocycles. The van der Waals surface area contributed by atoms with E-state index in [0.29, 0.717) is 0 Å². The molecule has 4 nitrogen and oxygen atoms in total. The van der Waals surface area contributed by atoms with E-state index in [1.165, 1.54) is 36.4 Å². The van der Waals surface area contributed by atoms with Crippen molar-refractivity contribution in [3.05, 3.63) is 125 Å². The Bertz CT molecular complexity index is 1180. The van der Waals surface area contributed by atoms with Crippen LogP contribution in [0.1, 0.15) is 31.8 Å². The molecule has 0 amide bonds. The van der Waals surface area contributed by atoms with Gasteiger partial charge in [0, 0.05) is 0 Å². The van der Waals surface area contributed by atoms with Crippen LogP contribution in [0.15, 0.2) is 97.1 Å². The van der Waals surface area contributed by atoms with Gasteiger partial charge in [0.05, 0.1) is 22.3 Å². The molecule has 0 bridgehead atoms. The molecule has 4 rings (SSSR count). The Morgan fingerprint density at radius 1 is 0.581 bits per heavy atom. The lowest BCUT2D eigenvalue weighted by Gasteiger charge is -2.14. The Kier molecular flexibility index (Phi) is 5.58. The van der Waals surface area contributed by atoms with Crippen LogP contribution in [0.25, 0.3) is 0 Å². The molecule has 0 aliphatic rings. The summed E-state index contributed by atoms with van der Waals surface area (Å²) >= 11 is 0. The summed E-state index contributed by atoms with van der Waals surface area (Å²) in [6, 6.07) is 24.9. The van der Waals surface area contributed by atoms with Crippen LogP contribution in [0.5, 0.6) is 17.2 Å². The summed E-state index contributed by atoms with van der Waals surface area (Å²) in [4.78, 5) is 25.9. The van der Waals surface area contributed by atoms with Gasteiger partial charge >= 0.3 is 0 Å². The molecule has 0 fully saturated rings. The lowest BCUT2D eigenvalue weighted by atomic mass is 10.0. The van der Waals surface area contributed by atoms with E-state index >= 15 is 0 Å². The van der Waals surface area contributed by atoms with Crippen molar-refractivity contribution in [1.29, 1.82) is 0 Å². The van der Waals surface area contributed by atoms with Crippen molar-refractivity contribution >= 4 is 11.6 Å². The predicted molar refractivity (Wildman–Crippen MR) is 114 cm³/mol. The van der Waals surface area contributed by atoms with Crippen molar-refractivity contribution in [1.82, 2.24) is 0 Å². The fourth-order valence-electron chi connectivity index (χ4n) is 3.21. The van der Waals surface area contributed by atoms with E-state index in [4.69, 9.17) is 4.74 Å². The second-order valence-electron chi connectivity index (χ2n) is 6.75. The molecule has 0 aliphatic heterocycles. The van der Waals surface area contributed by atoms with E-state index in [0.717, 1.165) is 0 Å². The van der Waals surface area contributed by atoms with Gasteiger partial charge in [-0.15, -0.1) is 0 Å². The number of carbonyl (C=O) groups excluding carboxylic acids is 2. The van der Waals surface area contributed by atoms with Crippen LogP contribution in [-0.2, 0) is 0 Å². The maximum Gasteiger partial charge on any atom is 0.200 e. The van der Waals surface area contributed by atoms with Gasteiger partial charge in [0.15, 0.2) is 11.6 Å². The van der Waals surface area contributed by atoms with Crippen molar-refractivity contribution in [2.24, 2.45) is 0 Å². The Hall–Kier alpha value is -4.25. The maximum absolute atomic E-state index is 14.1. The number of ether oxygens (including phenoxy) is 1. The van der Waals surface area contributed by atoms with Gasteiger partial charge in [0.25, 0.3) is 0 Å². The van der Waals surface area contributed by atoms with Gasteiger partial charge in [-0.3, -0.25) is 9.59 Å². The van der Waals surface area contributed by atoms with Gasteiger partial charge in [-0.1, -0.05) is 48.5 Å². The van der Waals surface area contributed by atoms with E-state index < -0.39 is 17.4 Å². The Labute approximate surface area is 178 Å². The minimum absolute atomic E-state index is 0.0721. The van der Waals surface area contributed by atoms with Crippen molar-refractivity contribution in [3.63, 3.8) is 0 Å². The first-order chi connectivity index (χ1) is 15.1. The largest absolute Gasteiger partial charge is 0.507 e. The fourth-order valence-corrected chi connectivity index (χ4v) is 3.21. The number of hydrogen-bond donors (Lipinski definition) is 1. The lowest BCUT2D eigenvalue weighted by Crippen LogP contribution is -2.07. The summed E-state index contributed by atoms with van der Waals surface area (Å²) in [5, 5.41) is 10.1. The van der Waals surface area contributed by atoms with Crippen LogP contribution in [0.2, 0.25) is 0 Å². The zero-order chi connectivity index (χ0) is 21.8. The molecule has 0 saturated heterocycles. The number of hydrogen-bond acceptors (Lipinski definition) is 4. The Balaban J connectivity index is 1.73. The van der Waals surface area contributed by atoms with Crippen LogP contribution >= 0.6 is 0 Å².